The van der Waals surface area contributed by atoms with Crippen LogP contribution in [0.25, 0.3) is 0 Å². The molecule has 0 amide bonds. The van der Waals surface area contributed by atoms with Gasteiger partial charge in [0.05, 0.1) is 10.6 Å². The van der Waals surface area contributed by atoms with E-state index in [1.54, 1.807) is 48.5 Å². The average Bonchev–Trinajstić information content (AvgIpc) is 2.58. The molecule has 0 radical (unpaired) electrons. The van der Waals surface area contributed by atoms with E-state index < -0.39 is 9.84 Å². The third-order valence-electron chi connectivity index (χ3n) is 4.15. The maximum atomic E-state index is 12.5. The zero-order valence-corrected chi connectivity index (χ0v) is 14.8. The van der Waals surface area contributed by atoms with Crippen molar-refractivity contribution in [2.75, 3.05) is 18.8 Å². The molecule has 1 N–H and O–H groups in total. The van der Waals surface area contributed by atoms with E-state index in [4.69, 9.17) is 16.3 Å². The number of hydrogen-bond acceptors (Lipinski definition) is 4. The first kappa shape index (κ1) is 17.3. The SMILES string of the molecule is O=S(=O)(CC1CCNCC1)c1ccc(Oc2ccc(Cl)cc2)cc1. The standard InChI is InChI=1S/C18H20ClNO3S/c19-15-1-3-16(4-2-15)23-17-5-7-18(8-6-17)24(21,22)13-14-9-11-20-12-10-14/h1-8,14,20H,9-13H2. The first-order chi connectivity index (χ1) is 11.5. The van der Waals surface area contributed by atoms with E-state index in [-0.39, 0.29) is 11.7 Å². The summed E-state index contributed by atoms with van der Waals surface area (Å²) >= 11 is 5.84. The van der Waals surface area contributed by atoms with Crippen LogP contribution in [0.1, 0.15) is 12.8 Å². The minimum absolute atomic E-state index is 0.214. The minimum atomic E-state index is -3.26. The lowest BCUT2D eigenvalue weighted by Crippen LogP contribution is -2.31. The topological polar surface area (TPSA) is 55.4 Å². The molecule has 1 fully saturated rings. The molecule has 128 valence electrons. The van der Waals surface area contributed by atoms with Crippen LogP contribution in [0.4, 0.5) is 0 Å². The maximum Gasteiger partial charge on any atom is 0.178 e. The monoisotopic (exact) mass is 365 g/mol. The molecule has 2 aromatic carbocycles. The van der Waals surface area contributed by atoms with Crippen molar-refractivity contribution in [3.05, 3.63) is 53.6 Å². The van der Waals surface area contributed by atoms with Crippen LogP contribution in [0.2, 0.25) is 5.02 Å². The van der Waals surface area contributed by atoms with Gasteiger partial charge in [0.2, 0.25) is 0 Å². The van der Waals surface area contributed by atoms with Crippen LogP contribution in [-0.2, 0) is 9.84 Å². The summed E-state index contributed by atoms with van der Waals surface area (Å²) in [6, 6.07) is 13.6. The molecule has 2 aromatic rings. The van der Waals surface area contributed by atoms with Crippen LogP contribution in [0, 0.1) is 5.92 Å². The van der Waals surface area contributed by atoms with Gasteiger partial charge in [0.15, 0.2) is 9.84 Å². The molecule has 1 saturated heterocycles. The molecule has 24 heavy (non-hydrogen) atoms. The smallest absolute Gasteiger partial charge is 0.178 e. The molecule has 0 aromatic heterocycles. The normalized spacial score (nSPS) is 16.0. The van der Waals surface area contributed by atoms with Gasteiger partial charge in [-0.3, -0.25) is 0 Å². The fourth-order valence-corrected chi connectivity index (χ4v) is 4.63. The fourth-order valence-electron chi connectivity index (χ4n) is 2.81. The van der Waals surface area contributed by atoms with E-state index in [0.29, 0.717) is 21.4 Å². The lowest BCUT2D eigenvalue weighted by atomic mass is 10.0. The highest BCUT2D eigenvalue weighted by molar-refractivity contribution is 7.91. The van der Waals surface area contributed by atoms with Gasteiger partial charge in [-0.2, -0.15) is 0 Å². The highest BCUT2D eigenvalue weighted by Gasteiger charge is 2.22. The maximum absolute atomic E-state index is 12.5. The van der Waals surface area contributed by atoms with E-state index in [2.05, 4.69) is 5.32 Å². The number of ether oxygens (including phenoxy) is 1. The molecular weight excluding hydrogens is 346 g/mol. The second kappa shape index (κ2) is 7.55. The van der Waals surface area contributed by atoms with Gasteiger partial charge in [-0.25, -0.2) is 8.42 Å². The summed E-state index contributed by atoms with van der Waals surface area (Å²) in [6.45, 7) is 1.79. The number of halogens is 1. The van der Waals surface area contributed by atoms with Crippen molar-refractivity contribution in [2.45, 2.75) is 17.7 Å². The molecule has 0 unspecified atom stereocenters. The molecule has 3 rings (SSSR count). The zero-order valence-electron chi connectivity index (χ0n) is 13.2. The first-order valence-electron chi connectivity index (χ1n) is 8.00. The Bertz CT molecular complexity index is 767. The Morgan fingerprint density at radius 3 is 2.08 bits per heavy atom. The molecule has 4 nitrogen and oxygen atoms in total. The zero-order chi connectivity index (χ0) is 17.0. The van der Waals surface area contributed by atoms with E-state index >= 15 is 0 Å². The Labute approximate surface area is 147 Å². The predicted molar refractivity (Wildman–Crippen MR) is 95.6 cm³/mol. The van der Waals surface area contributed by atoms with E-state index in [9.17, 15) is 8.42 Å². The number of hydrogen-bond donors (Lipinski definition) is 1. The minimum Gasteiger partial charge on any atom is -0.457 e. The van der Waals surface area contributed by atoms with Crippen molar-refractivity contribution in [1.29, 1.82) is 0 Å². The summed E-state index contributed by atoms with van der Waals surface area (Å²) < 4.78 is 30.8. The van der Waals surface area contributed by atoms with Crippen molar-refractivity contribution in [1.82, 2.24) is 5.32 Å². The van der Waals surface area contributed by atoms with Gasteiger partial charge in [-0.1, -0.05) is 11.6 Å². The van der Waals surface area contributed by atoms with Crippen LogP contribution in [0.5, 0.6) is 11.5 Å². The van der Waals surface area contributed by atoms with Gasteiger partial charge in [0, 0.05) is 5.02 Å². The Morgan fingerprint density at radius 2 is 1.50 bits per heavy atom. The molecule has 1 aliphatic heterocycles. The van der Waals surface area contributed by atoms with Gasteiger partial charge in [-0.05, 0) is 80.4 Å². The quantitative estimate of drug-likeness (QED) is 0.872. The van der Waals surface area contributed by atoms with Gasteiger partial charge in [0.25, 0.3) is 0 Å². The Hall–Kier alpha value is -1.56. The molecule has 0 spiro atoms. The van der Waals surface area contributed by atoms with Crippen LogP contribution in [0.3, 0.4) is 0 Å². The summed E-state index contributed by atoms with van der Waals surface area (Å²) in [7, 11) is -3.26. The van der Waals surface area contributed by atoms with Crippen molar-refractivity contribution < 1.29 is 13.2 Å². The molecular formula is C18H20ClNO3S. The molecule has 0 bridgehead atoms. The first-order valence-corrected chi connectivity index (χ1v) is 10.0. The Kier molecular flexibility index (Phi) is 5.43. The van der Waals surface area contributed by atoms with Crippen LogP contribution >= 0.6 is 11.6 Å². The van der Waals surface area contributed by atoms with Crippen LogP contribution in [0.15, 0.2) is 53.4 Å². The number of rotatable bonds is 5. The third kappa shape index (κ3) is 4.50. The van der Waals surface area contributed by atoms with Gasteiger partial charge >= 0.3 is 0 Å². The fraction of sp³-hybridized carbons (Fsp3) is 0.333. The molecule has 0 saturated carbocycles. The number of benzene rings is 2. The van der Waals surface area contributed by atoms with Crippen molar-refractivity contribution in [3.63, 3.8) is 0 Å². The Balaban J connectivity index is 1.67. The molecule has 6 heteroatoms. The number of nitrogens with one attached hydrogen (secondary N) is 1. The van der Waals surface area contributed by atoms with Gasteiger partial charge in [-0.15, -0.1) is 0 Å². The van der Waals surface area contributed by atoms with E-state index in [1.807, 2.05) is 0 Å². The summed E-state index contributed by atoms with van der Waals surface area (Å²) in [5.74, 6) is 1.70. The van der Waals surface area contributed by atoms with E-state index in [1.165, 1.54) is 0 Å². The van der Waals surface area contributed by atoms with Gasteiger partial charge in [0.1, 0.15) is 11.5 Å². The van der Waals surface area contributed by atoms with Crippen molar-refractivity contribution in [2.24, 2.45) is 5.92 Å². The summed E-state index contributed by atoms with van der Waals surface area (Å²) in [5, 5.41) is 3.90. The highest BCUT2D eigenvalue weighted by atomic mass is 35.5. The summed E-state index contributed by atoms with van der Waals surface area (Å²) in [5.41, 5.74) is 0. The summed E-state index contributed by atoms with van der Waals surface area (Å²) in [4.78, 5) is 0.351. The molecule has 1 heterocycles. The molecule has 1 aliphatic rings. The second-order valence-electron chi connectivity index (χ2n) is 6.00. The van der Waals surface area contributed by atoms with Crippen molar-refractivity contribution in [3.8, 4) is 11.5 Å². The summed E-state index contributed by atoms with van der Waals surface area (Å²) in [6.07, 6.45) is 1.83. The van der Waals surface area contributed by atoms with Crippen LogP contribution < -0.4 is 10.1 Å². The average molecular weight is 366 g/mol. The lowest BCUT2D eigenvalue weighted by molar-refractivity contribution is 0.401. The van der Waals surface area contributed by atoms with Crippen LogP contribution in [-0.4, -0.2) is 27.3 Å². The highest BCUT2D eigenvalue weighted by Crippen LogP contribution is 2.26. The molecule has 0 aliphatic carbocycles. The molecule has 0 atom stereocenters. The Morgan fingerprint density at radius 1 is 0.958 bits per heavy atom. The largest absolute Gasteiger partial charge is 0.457 e. The van der Waals surface area contributed by atoms with Gasteiger partial charge < -0.3 is 10.1 Å². The number of piperidine rings is 1. The predicted octanol–water partition coefficient (Wildman–Crippen LogP) is 3.91. The lowest BCUT2D eigenvalue weighted by Gasteiger charge is -2.22. The third-order valence-corrected chi connectivity index (χ3v) is 6.30. The number of sulfone groups is 1. The van der Waals surface area contributed by atoms with Crippen molar-refractivity contribution >= 4 is 21.4 Å². The second-order valence-corrected chi connectivity index (χ2v) is 8.47. The van der Waals surface area contributed by atoms with E-state index in [0.717, 1.165) is 25.9 Å².